The summed E-state index contributed by atoms with van der Waals surface area (Å²) in [5.74, 6) is 0.338. The fourth-order valence-corrected chi connectivity index (χ4v) is 1.68. The number of amides is 1. The number of anilines is 1. The molecule has 1 amide bonds. The predicted molar refractivity (Wildman–Crippen MR) is 77.2 cm³/mol. The van der Waals surface area contributed by atoms with Crippen molar-refractivity contribution in [3.05, 3.63) is 23.8 Å². The molecule has 5 heteroatoms. The summed E-state index contributed by atoms with van der Waals surface area (Å²) in [6, 6.07) is 5.78. The highest BCUT2D eigenvalue weighted by molar-refractivity contribution is 5.94. The Morgan fingerprint density at radius 3 is 2.68 bits per heavy atom. The van der Waals surface area contributed by atoms with Gasteiger partial charge in [0.05, 0.1) is 12.8 Å². The van der Waals surface area contributed by atoms with Crippen molar-refractivity contribution in [1.29, 1.82) is 0 Å². The lowest BCUT2D eigenvalue weighted by Crippen LogP contribution is -2.27. The van der Waals surface area contributed by atoms with Crippen LogP contribution in [-0.2, 0) is 11.3 Å². The Morgan fingerprint density at radius 2 is 2.16 bits per heavy atom. The van der Waals surface area contributed by atoms with Crippen molar-refractivity contribution in [3.63, 3.8) is 0 Å². The van der Waals surface area contributed by atoms with Crippen LogP contribution in [0.25, 0.3) is 0 Å². The van der Waals surface area contributed by atoms with E-state index in [9.17, 15) is 4.79 Å². The molecule has 3 N–H and O–H groups in total. The summed E-state index contributed by atoms with van der Waals surface area (Å²) in [4.78, 5) is 14.0. The lowest BCUT2D eigenvalue weighted by molar-refractivity contribution is -0.119. The Kier molecular flexibility index (Phi) is 5.79. The molecule has 0 bridgehead atoms. The molecule has 1 unspecified atom stereocenters. The first kappa shape index (κ1) is 15.5. The number of ether oxygens (including phenoxy) is 1. The minimum Gasteiger partial charge on any atom is -0.495 e. The van der Waals surface area contributed by atoms with E-state index in [0.717, 1.165) is 12.1 Å². The first-order valence-corrected chi connectivity index (χ1v) is 6.30. The molecule has 0 aliphatic heterocycles. The summed E-state index contributed by atoms with van der Waals surface area (Å²) in [5.41, 5.74) is 7.29. The minimum atomic E-state index is -0.220. The predicted octanol–water partition coefficient (Wildman–Crippen LogP) is 1.29. The average molecular weight is 265 g/mol. The molecule has 0 saturated heterocycles. The Hall–Kier alpha value is -1.59. The number of nitrogens with two attached hydrogens (primary N) is 1. The van der Waals surface area contributed by atoms with Crippen molar-refractivity contribution in [2.75, 3.05) is 33.1 Å². The first-order chi connectivity index (χ1) is 8.97. The number of hydrogen-bond acceptors (Lipinski definition) is 4. The van der Waals surface area contributed by atoms with E-state index in [-0.39, 0.29) is 11.8 Å². The van der Waals surface area contributed by atoms with E-state index < -0.39 is 0 Å². The number of rotatable bonds is 6. The van der Waals surface area contributed by atoms with Gasteiger partial charge in [-0.05, 0) is 31.8 Å². The molecule has 1 aromatic carbocycles. The Labute approximate surface area is 114 Å². The van der Waals surface area contributed by atoms with Gasteiger partial charge in [-0.1, -0.05) is 13.0 Å². The molecule has 0 radical (unpaired) electrons. The number of methoxy groups -OCH3 is 1. The molecule has 0 aliphatic rings. The summed E-state index contributed by atoms with van der Waals surface area (Å²) >= 11 is 0. The molecule has 1 rings (SSSR count). The SMILES string of the molecule is COc1ccc(CN(C)C)cc1NC(=O)C(C)CN. The normalized spacial score (nSPS) is 12.3. The topological polar surface area (TPSA) is 67.6 Å². The van der Waals surface area contributed by atoms with Gasteiger partial charge in [0.25, 0.3) is 0 Å². The summed E-state index contributed by atoms with van der Waals surface area (Å²) in [7, 11) is 5.58. The first-order valence-electron chi connectivity index (χ1n) is 6.30. The van der Waals surface area contributed by atoms with E-state index in [4.69, 9.17) is 10.5 Å². The molecule has 0 saturated carbocycles. The van der Waals surface area contributed by atoms with Gasteiger partial charge in [-0.2, -0.15) is 0 Å². The molecule has 19 heavy (non-hydrogen) atoms. The van der Waals surface area contributed by atoms with Crippen LogP contribution in [0.4, 0.5) is 5.69 Å². The average Bonchev–Trinajstić information content (AvgIpc) is 2.37. The summed E-state index contributed by atoms with van der Waals surface area (Å²) in [5, 5.41) is 2.86. The van der Waals surface area contributed by atoms with Crippen LogP contribution in [0.15, 0.2) is 18.2 Å². The van der Waals surface area contributed by atoms with Crippen LogP contribution < -0.4 is 15.8 Å². The highest BCUT2D eigenvalue weighted by Crippen LogP contribution is 2.26. The smallest absolute Gasteiger partial charge is 0.228 e. The lowest BCUT2D eigenvalue weighted by atomic mass is 10.1. The molecule has 0 spiro atoms. The molecule has 0 aliphatic carbocycles. The Balaban J connectivity index is 2.92. The van der Waals surface area contributed by atoms with Gasteiger partial charge >= 0.3 is 0 Å². The van der Waals surface area contributed by atoms with E-state index in [1.807, 2.05) is 32.3 Å². The molecular formula is C14H23N3O2. The standard InChI is InChI=1S/C14H23N3O2/c1-10(8-15)14(18)16-12-7-11(9-17(2)3)5-6-13(12)19-4/h5-7,10H,8-9,15H2,1-4H3,(H,16,18). The molecule has 106 valence electrons. The minimum absolute atomic E-state index is 0.0946. The number of carbonyl (C=O) groups is 1. The van der Waals surface area contributed by atoms with Crippen LogP contribution in [0.2, 0.25) is 0 Å². The van der Waals surface area contributed by atoms with Crippen molar-refractivity contribution in [3.8, 4) is 5.75 Å². The third-order valence-corrected chi connectivity index (χ3v) is 2.82. The van der Waals surface area contributed by atoms with E-state index in [2.05, 4.69) is 10.2 Å². The van der Waals surface area contributed by atoms with E-state index in [1.165, 1.54) is 0 Å². The molecule has 1 atom stereocenters. The van der Waals surface area contributed by atoms with Gasteiger partial charge in [-0.15, -0.1) is 0 Å². The van der Waals surface area contributed by atoms with Crippen molar-refractivity contribution in [2.45, 2.75) is 13.5 Å². The van der Waals surface area contributed by atoms with E-state index in [1.54, 1.807) is 14.0 Å². The molecular weight excluding hydrogens is 242 g/mol. The maximum Gasteiger partial charge on any atom is 0.228 e. The van der Waals surface area contributed by atoms with Gasteiger partial charge in [-0.3, -0.25) is 4.79 Å². The van der Waals surface area contributed by atoms with Crippen LogP contribution in [-0.4, -0.2) is 38.6 Å². The van der Waals surface area contributed by atoms with Crippen molar-refractivity contribution >= 4 is 11.6 Å². The van der Waals surface area contributed by atoms with Gasteiger partial charge in [-0.25, -0.2) is 0 Å². The van der Waals surface area contributed by atoms with Crippen LogP contribution >= 0.6 is 0 Å². The fourth-order valence-electron chi connectivity index (χ4n) is 1.68. The van der Waals surface area contributed by atoms with Gasteiger partial charge in [0.1, 0.15) is 5.75 Å². The van der Waals surface area contributed by atoms with Gasteiger partial charge in [0.2, 0.25) is 5.91 Å². The highest BCUT2D eigenvalue weighted by Gasteiger charge is 2.14. The summed E-state index contributed by atoms with van der Waals surface area (Å²) in [6.45, 7) is 2.93. The number of carbonyl (C=O) groups excluding carboxylic acids is 1. The van der Waals surface area contributed by atoms with Crippen LogP contribution in [0.1, 0.15) is 12.5 Å². The lowest BCUT2D eigenvalue weighted by Gasteiger charge is -2.16. The van der Waals surface area contributed by atoms with Crippen LogP contribution in [0.3, 0.4) is 0 Å². The van der Waals surface area contributed by atoms with Gasteiger partial charge in [0.15, 0.2) is 0 Å². The quantitative estimate of drug-likeness (QED) is 0.813. The third kappa shape index (κ3) is 4.54. The number of benzene rings is 1. The van der Waals surface area contributed by atoms with Gasteiger partial charge in [0, 0.05) is 19.0 Å². The monoisotopic (exact) mass is 265 g/mol. The number of hydrogen-bond donors (Lipinski definition) is 2. The summed E-state index contributed by atoms with van der Waals surface area (Å²) in [6.07, 6.45) is 0. The van der Waals surface area contributed by atoms with E-state index >= 15 is 0 Å². The molecule has 1 aromatic rings. The second-order valence-electron chi connectivity index (χ2n) is 4.90. The largest absolute Gasteiger partial charge is 0.495 e. The van der Waals surface area contributed by atoms with Crippen molar-refractivity contribution in [2.24, 2.45) is 11.7 Å². The number of nitrogens with one attached hydrogen (secondary N) is 1. The second kappa shape index (κ2) is 7.11. The summed E-state index contributed by atoms with van der Waals surface area (Å²) < 4.78 is 5.26. The molecule has 0 fully saturated rings. The molecule has 0 aromatic heterocycles. The zero-order chi connectivity index (χ0) is 14.4. The molecule has 5 nitrogen and oxygen atoms in total. The van der Waals surface area contributed by atoms with Crippen LogP contribution in [0, 0.1) is 5.92 Å². The van der Waals surface area contributed by atoms with Gasteiger partial charge < -0.3 is 20.7 Å². The number of nitrogens with zero attached hydrogens (tertiary/aromatic N) is 1. The Morgan fingerprint density at radius 1 is 1.47 bits per heavy atom. The maximum absolute atomic E-state index is 11.9. The highest BCUT2D eigenvalue weighted by atomic mass is 16.5. The zero-order valence-corrected chi connectivity index (χ0v) is 12.1. The fraction of sp³-hybridized carbons (Fsp3) is 0.500. The van der Waals surface area contributed by atoms with Crippen molar-refractivity contribution < 1.29 is 9.53 Å². The van der Waals surface area contributed by atoms with Crippen molar-refractivity contribution in [1.82, 2.24) is 4.90 Å². The van der Waals surface area contributed by atoms with Crippen LogP contribution in [0.5, 0.6) is 5.75 Å². The second-order valence-corrected chi connectivity index (χ2v) is 4.90. The van der Waals surface area contributed by atoms with E-state index in [0.29, 0.717) is 18.0 Å². The maximum atomic E-state index is 11.9. The zero-order valence-electron chi connectivity index (χ0n) is 12.1. The third-order valence-electron chi connectivity index (χ3n) is 2.82. The Bertz CT molecular complexity index is 433. The molecule has 0 heterocycles.